The van der Waals surface area contributed by atoms with Gasteiger partial charge in [-0.05, 0) is 41.6 Å². The lowest BCUT2D eigenvalue weighted by Crippen LogP contribution is -2.87. The van der Waals surface area contributed by atoms with E-state index in [2.05, 4.69) is 37.5 Å². The number of quaternary nitrogens is 1. The lowest BCUT2D eigenvalue weighted by molar-refractivity contribution is -0.649. The molecule has 0 radical (unpaired) electrons. The standard InChI is InChI=1S/C20H26N2O3S/c1-14(2)9-21-10-20(23)22(12-19-15(3)6-7-26-19)11-16-4-5-17-18(8-16)25-13-24-17/h4-8,14,21H,9-13H2,1-3H3/p+1. The van der Waals surface area contributed by atoms with Crippen LogP contribution in [-0.2, 0) is 17.9 Å². The van der Waals surface area contributed by atoms with Crippen LogP contribution in [-0.4, -0.2) is 30.7 Å². The molecule has 1 aliphatic heterocycles. The quantitative estimate of drug-likeness (QED) is 0.771. The third kappa shape index (κ3) is 4.77. The number of fused-ring (bicyclic) bond motifs is 1. The second kappa shape index (κ2) is 8.56. The summed E-state index contributed by atoms with van der Waals surface area (Å²) in [7, 11) is 0. The fourth-order valence-corrected chi connectivity index (χ4v) is 3.82. The number of aryl methyl sites for hydroxylation is 1. The molecule has 1 aliphatic rings. The summed E-state index contributed by atoms with van der Waals surface area (Å²) in [6.45, 7) is 9.35. The molecule has 2 aromatic rings. The molecule has 3 rings (SSSR count). The van der Waals surface area contributed by atoms with Crippen LogP contribution in [0.5, 0.6) is 11.5 Å². The molecule has 0 saturated carbocycles. The fraction of sp³-hybridized carbons (Fsp3) is 0.450. The minimum atomic E-state index is 0.163. The molecule has 0 saturated heterocycles. The van der Waals surface area contributed by atoms with E-state index in [0.29, 0.717) is 25.6 Å². The molecule has 2 N–H and O–H groups in total. The van der Waals surface area contributed by atoms with Crippen molar-refractivity contribution in [2.45, 2.75) is 33.9 Å². The number of carbonyl (C=O) groups excluding carboxylic acids is 1. The summed E-state index contributed by atoms with van der Waals surface area (Å²) in [5.41, 5.74) is 2.30. The molecular weight excluding hydrogens is 348 g/mol. The van der Waals surface area contributed by atoms with Crippen LogP contribution in [0.3, 0.4) is 0 Å². The van der Waals surface area contributed by atoms with E-state index in [1.54, 1.807) is 11.3 Å². The van der Waals surface area contributed by atoms with Crippen molar-refractivity contribution in [3.8, 4) is 11.5 Å². The number of ether oxygens (including phenoxy) is 2. The lowest BCUT2D eigenvalue weighted by atomic mass is 10.1. The van der Waals surface area contributed by atoms with Gasteiger partial charge in [0.15, 0.2) is 18.0 Å². The predicted molar refractivity (Wildman–Crippen MR) is 102 cm³/mol. The molecule has 0 spiro atoms. The second-order valence-electron chi connectivity index (χ2n) is 7.09. The summed E-state index contributed by atoms with van der Waals surface area (Å²) >= 11 is 1.71. The van der Waals surface area contributed by atoms with Crippen molar-refractivity contribution in [2.24, 2.45) is 5.92 Å². The number of carbonyl (C=O) groups is 1. The van der Waals surface area contributed by atoms with Gasteiger partial charge in [0.2, 0.25) is 6.79 Å². The fourth-order valence-electron chi connectivity index (χ4n) is 2.90. The topological polar surface area (TPSA) is 55.4 Å². The molecule has 5 nitrogen and oxygen atoms in total. The summed E-state index contributed by atoms with van der Waals surface area (Å²) < 4.78 is 10.8. The van der Waals surface area contributed by atoms with Gasteiger partial charge in [0.05, 0.1) is 13.1 Å². The number of amides is 1. The van der Waals surface area contributed by atoms with Gasteiger partial charge in [-0.25, -0.2) is 0 Å². The van der Waals surface area contributed by atoms with E-state index in [9.17, 15) is 4.79 Å². The molecule has 6 heteroatoms. The van der Waals surface area contributed by atoms with Crippen molar-refractivity contribution in [1.29, 1.82) is 0 Å². The molecule has 0 unspecified atom stereocenters. The molecule has 140 valence electrons. The Labute approximate surface area is 158 Å². The number of nitrogens with two attached hydrogens (primary N) is 1. The maximum absolute atomic E-state index is 12.8. The highest BCUT2D eigenvalue weighted by atomic mass is 32.1. The van der Waals surface area contributed by atoms with Crippen molar-refractivity contribution < 1.29 is 19.6 Å². The van der Waals surface area contributed by atoms with Crippen molar-refractivity contribution in [2.75, 3.05) is 19.9 Å². The number of hydrogen-bond donors (Lipinski definition) is 1. The molecule has 2 heterocycles. The zero-order chi connectivity index (χ0) is 18.5. The molecule has 1 amide bonds. The van der Waals surface area contributed by atoms with Gasteiger partial charge in [-0.3, -0.25) is 4.79 Å². The van der Waals surface area contributed by atoms with Gasteiger partial charge in [0.1, 0.15) is 0 Å². The Bertz CT molecular complexity index is 757. The van der Waals surface area contributed by atoms with E-state index in [1.165, 1.54) is 10.4 Å². The summed E-state index contributed by atoms with van der Waals surface area (Å²) in [6, 6.07) is 8.00. The molecule has 0 bridgehead atoms. The van der Waals surface area contributed by atoms with Gasteiger partial charge in [0, 0.05) is 17.3 Å². The average molecular weight is 376 g/mol. The number of hydrogen-bond acceptors (Lipinski definition) is 4. The summed E-state index contributed by atoms with van der Waals surface area (Å²) in [4.78, 5) is 16.0. The largest absolute Gasteiger partial charge is 0.454 e. The van der Waals surface area contributed by atoms with Crippen LogP contribution in [0.4, 0.5) is 0 Å². The second-order valence-corrected chi connectivity index (χ2v) is 8.09. The van der Waals surface area contributed by atoms with Crippen LogP contribution >= 0.6 is 11.3 Å². The van der Waals surface area contributed by atoms with Crippen LogP contribution < -0.4 is 14.8 Å². The number of nitrogens with zero attached hydrogens (tertiary/aromatic N) is 1. The van der Waals surface area contributed by atoms with Crippen molar-refractivity contribution >= 4 is 17.2 Å². The predicted octanol–water partition coefficient (Wildman–Crippen LogP) is 2.53. The third-order valence-electron chi connectivity index (χ3n) is 4.42. The Morgan fingerprint density at radius 2 is 2.04 bits per heavy atom. The Hall–Kier alpha value is -2.05. The molecule has 0 atom stereocenters. The first-order valence-corrected chi connectivity index (χ1v) is 9.92. The highest BCUT2D eigenvalue weighted by Gasteiger charge is 2.20. The third-order valence-corrected chi connectivity index (χ3v) is 5.43. The Balaban J connectivity index is 1.71. The Morgan fingerprint density at radius 1 is 1.23 bits per heavy atom. The molecule has 1 aromatic heterocycles. The molecule has 0 aliphatic carbocycles. The first-order valence-electron chi connectivity index (χ1n) is 9.04. The monoisotopic (exact) mass is 375 g/mol. The summed E-state index contributed by atoms with van der Waals surface area (Å²) in [5.74, 6) is 2.26. The number of benzene rings is 1. The average Bonchev–Trinajstić information content (AvgIpc) is 3.22. The van der Waals surface area contributed by atoms with E-state index in [0.717, 1.165) is 23.6 Å². The highest BCUT2D eigenvalue weighted by Crippen LogP contribution is 2.33. The van der Waals surface area contributed by atoms with E-state index in [1.807, 2.05) is 23.1 Å². The molecule has 0 fully saturated rings. The van der Waals surface area contributed by atoms with Gasteiger partial charge in [0.25, 0.3) is 5.91 Å². The van der Waals surface area contributed by atoms with Gasteiger partial charge >= 0.3 is 0 Å². The van der Waals surface area contributed by atoms with Crippen molar-refractivity contribution in [3.05, 3.63) is 45.6 Å². The highest BCUT2D eigenvalue weighted by molar-refractivity contribution is 7.10. The van der Waals surface area contributed by atoms with Gasteiger partial charge < -0.3 is 19.7 Å². The minimum Gasteiger partial charge on any atom is -0.454 e. The number of rotatable bonds is 8. The first kappa shape index (κ1) is 18.7. The van der Waals surface area contributed by atoms with E-state index in [-0.39, 0.29) is 12.7 Å². The lowest BCUT2D eigenvalue weighted by Gasteiger charge is -2.22. The minimum absolute atomic E-state index is 0.163. The maximum atomic E-state index is 12.8. The molecule has 1 aromatic carbocycles. The SMILES string of the molecule is Cc1ccsc1CN(Cc1ccc2c(c1)OCO2)C(=O)C[NH2+]CC(C)C. The first-order chi connectivity index (χ1) is 12.5. The number of thiophene rings is 1. The van der Waals surface area contributed by atoms with Crippen molar-refractivity contribution in [3.63, 3.8) is 0 Å². The van der Waals surface area contributed by atoms with E-state index < -0.39 is 0 Å². The van der Waals surface area contributed by atoms with Gasteiger partial charge in [-0.2, -0.15) is 0 Å². The van der Waals surface area contributed by atoms with E-state index in [4.69, 9.17) is 9.47 Å². The van der Waals surface area contributed by atoms with Crippen LogP contribution in [0.1, 0.15) is 29.9 Å². The van der Waals surface area contributed by atoms with Crippen LogP contribution in [0.2, 0.25) is 0 Å². The summed E-state index contributed by atoms with van der Waals surface area (Å²) in [6.07, 6.45) is 0. The van der Waals surface area contributed by atoms with Crippen LogP contribution in [0.25, 0.3) is 0 Å². The molecular formula is C20H27N2O3S+. The zero-order valence-corrected chi connectivity index (χ0v) is 16.5. The summed E-state index contributed by atoms with van der Waals surface area (Å²) in [5, 5.41) is 4.18. The van der Waals surface area contributed by atoms with Crippen molar-refractivity contribution in [1.82, 2.24) is 4.90 Å². The maximum Gasteiger partial charge on any atom is 0.278 e. The molecule has 26 heavy (non-hydrogen) atoms. The zero-order valence-electron chi connectivity index (χ0n) is 15.7. The van der Waals surface area contributed by atoms with Gasteiger partial charge in [-0.15, -0.1) is 11.3 Å². The van der Waals surface area contributed by atoms with E-state index >= 15 is 0 Å². The Morgan fingerprint density at radius 3 is 2.77 bits per heavy atom. The Kier molecular flexibility index (Phi) is 6.16. The van der Waals surface area contributed by atoms with Gasteiger partial charge in [-0.1, -0.05) is 19.9 Å². The van der Waals surface area contributed by atoms with Crippen LogP contribution in [0, 0.1) is 12.8 Å². The smallest absolute Gasteiger partial charge is 0.278 e. The van der Waals surface area contributed by atoms with Crippen LogP contribution in [0.15, 0.2) is 29.6 Å². The normalized spacial score (nSPS) is 12.6.